The SMILES string of the molecule is Cc1cccc(-n2nnn(C)c2=O)c1COC(=NI)C(=O)OCc1ccccc1. The van der Waals surface area contributed by atoms with Gasteiger partial charge in [-0.25, -0.2) is 9.59 Å². The van der Waals surface area contributed by atoms with Crippen molar-refractivity contribution >= 4 is 34.7 Å². The minimum Gasteiger partial charge on any atom is -0.467 e. The number of aromatic nitrogens is 4. The van der Waals surface area contributed by atoms with Crippen LogP contribution in [0, 0.1) is 6.92 Å². The second-order valence-electron chi connectivity index (χ2n) is 6.11. The Hall–Kier alpha value is -3.02. The van der Waals surface area contributed by atoms with Crippen molar-refractivity contribution in [2.24, 2.45) is 10.3 Å². The number of hydrogen-bond acceptors (Lipinski definition) is 7. The van der Waals surface area contributed by atoms with Gasteiger partial charge in [0.25, 0.3) is 0 Å². The Labute approximate surface area is 180 Å². The summed E-state index contributed by atoms with van der Waals surface area (Å²) in [6.07, 6.45) is 0. The van der Waals surface area contributed by atoms with Gasteiger partial charge < -0.3 is 9.47 Å². The van der Waals surface area contributed by atoms with Crippen molar-refractivity contribution in [3.63, 3.8) is 0 Å². The molecule has 3 rings (SSSR count). The van der Waals surface area contributed by atoms with E-state index >= 15 is 0 Å². The van der Waals surface area contributed by atoms with Crippen LogP contribution in [0.5, 0.6) is 0 Å². The number of benzene rings is 2. The summed E-state index contributed by atoms with van der Waals surface area (Å²) in [6.45, 7) is 1.99. The van der Waals surface area contributed by atoms with Crippen LogP contribution in [0.3, 0.4) is 0 Å². The summed E-state index contributed by atoms with van der Waals surface area (Å²) in [5.74, 6) is -0.836. The van der Waals surface area contributed by atoms with Gasteiger partial charge in [0, 0.05) is 12.6 Å². The van der Waals surface area contributed by atoms with Gasteiger partial charge in [0.05, 0.1) is 28.6 Å². The zero-order valence-corrected chi connectivity index (χ0v) is 17.9. The predicted octanol–water partition coefficient (Wildman–Crippen LogP) is 2.28. The van der Waals surface area contributed by atoms with Crippen molar-refractivity contribution in [3.05, 3.63) is 75.7 Å². The van der Waals surface area contributed by atoms with E-state index in [-0.39, 0.29) is 24.8 Å². The van der Waals surface area contributed by atoms with E-state index in [0.29, 0.717) is 11.3 Å². The fourth-order valence-electron chi connectivity index (χ4n) is 2.58. The molecule has 0 saturated heterocycles. The molecule has 0 saturated carbocycles. The van der Waals surface area contributed by atoms with Crippen LogP contribution in [-0.2, 0) is 34.5 Å². The first kappa shape index (κ1) is 20.7. The number of ether oxygens (including phenoxy) is 2. The highest BCUT2D eigenvalue weighted by Gasteiger charge is 2.18. The van der Waals surface area contributed by atoms with Crippen molar-refractivity contribution in [1.82, 2.24) is 19.8 Å². The van der Waals surface area contributed by atoms with Gasteiger partial charge in [0.2, 0.25) is 0 Å². The summed E-state index contributed by atoms with van der Waals surface area (Å²) in [5.41, 5.74) is 2.54. The number of aryl methyl sites for hydroxylation is 2. The molecular weight excluding hydrogens is 489 g/mol. The van der Waals surface area contributed by atoms with Crippen LogP contribution in [0.15, 0.2) is 56.5 Å². The van der Waals surface area contributed by atoms with Crippen molar-refractivity contribution < 1.29 is 14.3 Å². The minimum absolute atomic E-state index is 0.00723. The fourth-order valence-corrected chi connectivity index (χ4v) is 2.92. The molecule has 150 valence electrons. The molecular formula is C19H18IN5O4. The highest BCUT2D eigenvalue weighted by molar-refractivity contribution is 14.1. The van der Waals surface area contributed by atoms with E-state index < -0.39 is 5.97 Å². The number of halogens is 1. The third-order valence-electron chi connectivity index (χ3n) is 4.15. The number of carbonyl (C=O) groups excluding carboxylic acids is 1. The number of hydrogen-bond donors (Lipinski definition) is 0. The van der Waals surface area contributed by atoms with Gasteiger partial charge in [-0.05, 0) is 34.5 Å². The molecule has 0 unspecified atom stereocenters. The molecule has 2 aromatic carbocycles. The molecule has 0 aliphatic heterocycles. The van der Waals surface area contributed by atoms with Gasteiger partial charge in [0.15, 0.2) is 0 Å². The van der Waals surface area contributed by atoms with Gasteiger partial charge in [-0.15, -0.1) is 0 Å². The van der Waals surface area contributed by atoms with Crippen LogP contribution in [0.1, 0.15) is 16.7 Å². The van der Waals surface area contributed by atoms with Crippen molar-refractivity contribution in [2.45, 2.75) is 20.1 Å². The average molecular weight is 507 g/mol. The largest absolute Gasteiger partial charge is 0.467 e. The molecule has 0 aliphatic rings. The first-order chi connectivity index (χ1) is 14.0. The lowest BCUT2D eigenvalue weighted by Gasteiger charge is -2.13. The summed E-state index contributed by atoms with van der Waals surface area (Å²) >= 11 is 1.68. The quantitative estimate of drug-likeness (QED) is 0.228. The van der Waals surface area contributed by atoms with Gasteiger partial charge in [-0.1, -0.05) is 42.5 Å². The third-order valence-corrected chi connectivity index (χ3v) is 4.59. The zero-order chi connectivity index (χ0) is 20.8. The van der Waals surface area contributed by atoms with Gasteiger partial charge >= 0.3 is 17.6 Å². The molecule has 0 aliphatic carbocycles. The number of esters is 1. The molecule has 0 fully saturated rings. The van der Waals surface area contributed by atoms with Gasteiger partial charge in [0.1, 0.15) is 13.2 Å². The maximum atomic E-state index is 12.3. The van der Waals surface area contributed by atoms with Crippen LogP contribution in [0.2, 0.25) is 0 Å². The van der Waals surface area contributed by atoms with Crippen molar-refractivity contribution in [3.8, 4) is 5.69 Å². The summed E-state index contributed by atoms with van der Waals surface area (Å²) in [6, 6.07) is 14.7. The summed E-state index contributed by atoms with van der Waals surface area (Å²) in [7, 11) is 1.52. The molecule has 1 heterocycles. The average Bonchev–Trinajstić information content (AvgIpc) is 3.07. The first-order valence-electron chi connectivity index (χ1n) is 8.62. The molecule has 1 aromatic heterocycles. The standard InChI is InChI=1S/C19H18IN5O4/c1-13-7-6-10-16(25-19(27)24(2)22-23-25)15(13)12-28-17(21-20)18(26)29-11-14-8-4-3-5-9-14/h3-10H,11-12H2,1-2H3. The first-order valence-corrected chi connectivity index (χ1v) is 9.58. The molecule has 9 nitrogen and oxygen atoms in total. The Morgan fingerprint density at radius 3 is 2.48 bits per heavy atom. The Morgan fingerprint density at radius 2 is 1.83 bits per heavy atom. The third kappa shape index (κ3) is 4.88. The van der Waals surface area contributed by atoms with E-state index in [9.17, 15) is 9.59 Å². The summed E-state index contributed by atoms with van der Waals surface area (Å²) < 4.78 is 17.0. The Morgan fingerprint density at radius 1 is 1.07 bits per heavy atom. The molecule has 3 aromatic rings. The van der Waals surface area contributed by atoms with Crippen LogP contribution >= 0.6 is 22.9 Å². The normalized spacial score (nSPS) is 11.3. The highest BCUT2D eigenvalue weighted by atomic mass is 127. The molecule has 29 heavy (non-hydrogen) atoms. The molecule has 0 radical (unpaired) electrons. The Bertz CT molecular complexity index is 1090. The second kappa shape index (κ2) is 9.45. The predicted molar refractivity (Wildman–Crippen MR) is 114 cm³/mol. The minimum atomic E-state index is -0.671. The Balaban J connectivity index is 1.74. The number of carbonyl (C=O) groups is 1. The summed E-state index contributed by atoms with van der Waals surface area (Å²) in [4.78, 5) is 24.5. The second-order valence-corrected chi connectivity index (χ2v) is 6.59. The van der Waals surface area contributed by atoms with Crippen molar-refractivity contribution in [1.29, 1.82) is 0 Å². The lowest BCUT2D eigenvalue weighted by Crippen LogP contribution is -2.24. The highest BCUT2D eigenvalue weighted by Crippen LogP contribution is 2.18. The maximum Gasteiger partial charge on any atom is 0.394 e. The number of tetrazole rings is 1. The van der Waals surface area contributed by atoms with E-state index in [0.717, 1.165) is 15.8 Å². The maximum absolute atomic E-state index is 12.3. The smallest absolute Gasteiger partial charge is 0.394 e. The van der Waals surface area contributed by atoms with Gasteiger partial charge in [-0.3, -0.25) is 0 Å². The molecule has 0 bridgehead atoms. The Kier molecular flexibility index (Phi) is 6.75. The van der Waals surface area contributed by atoms with E-state index in [4.69, 9.17) is 9.47 Å². The fraction of sp³-hybridized carbons (Fsp3) is 0.211. The van der Waals surface area contributed by atoms with Crippen LogP contribution in [0.25, 0.3) is 5.69 Å². The van der Waals surface area contributed by atoms with Crippen molar-refractivity contribution in [2.75, 3.05) is 0 Å². The van der Waals surface area contributed by atoms with Crippen LogP contribution < -0.4 is 5.69 Å². The van der Waals surface area contributed by atoms with Gasteiger partial charge in [-0.2, -0.15) is 12.6 Å². The van der Waals surface area contributed by atoms with E-state index in [1.54, 1.807) is 35.0 Å². The monoisotopic (exact) mass is 507 g/mol. The molecule has 0 N–H and O–H groups in total. The molecule has 0 spiro atoms. The van der Waals surface area contributed by atoms with E-state index in [2.05, 4.69) is 13.6 Å². The summed E-state index contributed by atoms with van der Waals surface area (Å²) in [5, 5.41) is 7.60. The number of nitrogens with zero attached hydrogens (tertiary/aromatic N) is 5. The van der Waals surface area contributed by atoms with E-state index in [1.165, 1.54) is 11.7 Å². The van der Waals surface area contributed by atoms with Crippen LogP contribution in [0.4, 0.5) is 0 Å². The topological polar surface area (TPSA) is 101 Å². The zero-order valence-electron chi connectivity index (χ0n) is 15.8. The van der Waals surface area contributed by atoms with E-state index in [1.807, 2.05) is 43.3 Å². The molecule has 10 heteroatoms. The molecule has 0 atom stereocenters. The lowest BCUT2D eigenvalue weighted by molar-refractivity contribution is -0.138. The lowest BCUT2D eigenvalue weighted by atomic mass is 10.1. The van der Waals surface area contributed by atoms with Crippen LogP contribution in [-0.4, -0.2) is 31.7 Å². The number of rotatable bonds is 5. The molecule has 0 amide bonds.